The minimum Gasteiger partial charge on any atom is -0.374 e. The Bertz CT molecular complexity index is 367. The molecule has 0 N–H and O–H groups in total. The summed E-state index contributed by atoms with van der Waals surface area (Å²) in [5.41, 5.74) is 0. The van der Waals surface area contributed by atoms with Crippen molar-refractivity contribution in [3.63, 3.8) is 0 Å². The normalized spacial score (nSPS) is 20.0. The van der Waals surface area contributed by atoms with Gasteiger partial charge in [0.05, 0.1) is 0 Å². The molecule has 0 bridgehead atoms. The minimum absolute atomic E-state index is 0.675. The number of thioether (sulfide) groups is 1. The first-order valence-corrected chi connectivity index (χ1v) is 19.9. The van der Waals surface area contributed by atoms with Gasteiger partial charge in [-0.1, -0.05) is 26.2 Å². The van der Waals surface area contributed by atoms with Crippen molar-refractivity contribution in [1.82, 2.24) is 4.23 Å². The molecule has 1 aliphatic heterocycles. The maximum Gasteiger partial charge on any atom is 0.500 e. The molecule has 0 amide bonds. The van der Waals surface area contributed by atoms with Gasteiger partial charge >= 0.3 is 8.80 Å². The van der Waals surface area contributed by atoms with Gasteiger partial charge in [-0.05, 0) is 63.8 Å². The third kappa shape index (κ3) is 7.69. The van der Waals surface area contributed by atoms with Crippen LogP contribution in [-0.4, -0.2) is 67.4 Å². The van der Waals surface area contributed by atoms with Gasteiger partial charge < -0.3 is 17.5 Å². The Kier molecular flexibility index (Phi) is 11.2. The molecule has 4 nitrogen and oxygen atoms in total. The van der Waals surface area contributed by atoms with E-state index in [-0.39, 0.29) is 0 Å². The molecule has 0 aliphatic carbocycles. The van der Waals surface area contributed by atoms with Gasteiger partial charge in [0.2, 0.25) is 0 Å². The van der Waals surface area contributed by atoms with E-state index in [1.54, 1.807) is 0 Å². The van der Waals surface area contributed by atoms with Crippen molar-refractivity contribution < 1.29 is 13.3 Å². The standard InChI is InChI=1S/C18H43NO3SSi3/c1-8-20-26(21-9-2,22-10-3)16-12-15-23-14-11-13-19-24(4,5)17-18-25(19,6)7/h8-18H2,1-7H3. The number of rotatable bonds is 14. The lowest BCUT2D eigenvalue weighted by atomic mass is 10.5. The van der Waals surface area contributed by atoms with Gasteiger partial charge in [0.1, 0.15) is 16.5 Å². The number of nitrogens with zero attached hydrogens (tertiary/aromatic N) is 1. The summed E-state index contributed by atoms with van der Waals surface area (Å²) in [5, 5.41) is 0. The van der Waals surface area contributed by atoms with Gasteiger partial charge in [-0.2, -0.15) is 11.8 Å². The summed E-state index contributed by atoms with van der Waals surface area (Å²) in [4.78, 5) is 0. The van der Waals surface area contributed by atoms with Crippen LogP contribution in [0.1, 0.15) is 33.6 Å². The van der Waals surface area contributed by atoms with Gasteiger partial charge in [0.15, 0.2) is 0 Å². The average molecular weight is 438 g/mol. The van der Waals surface area contributed by atoms with E-state index >= 15 is 0 Å². The summed E-state index contributed by atoms with van der Waals surface area (Å²) >= 11 is 2.09. The molecule has 0 saturated carbocycles. The third-order valence-electron chi connectivity index (χ3n) is 5.34. The molecule has 8 heteroatoms. The average Bonchev–Trinajstić information content (AvgIpc) is 2.76. The topological polar surface area (TPSA) is 30.9 Å². The highest BCUT2D eigenvalue weighted by atomic mass is 32.2. The number of hydrogen-bond donors (Lipinski definition) is 0. The predicted molar refractivity (Wildman–Crippen MR) is 123 cm³/mol. The molecule has 1 heterocycles. The van der Waals surface area contributed by atoms with E-state index in [0.29, 0.717) is 19.8 Å². The number of hydrogen-bond acceptors (Lipinski definition) is 5. The van der Waals surface area contributed by atoms with E-state index in [0.717, 1.165) is 12.5 Å². The minimum atomic E-state index is -2.43. The summed E-state index contributed by atoms with van der Waals surface area (Å²) in [6, 6.07) is 3.97. The summed E-state index contributed by atoms with van der Waals surface area (Å²) < 4.78 is 20.8. The maximum atomic E-state index is 5.94. The molecule has 1 saturated heterocycles. The zero-order valence-electron chi connectivity index (χ0n) is 18.4. The Labute approximate surface area is 170 Å². The molecule has 0 radical (unpaired) electrons. The maximum absolute atomic E-state index is 5.94. The molecule has 0 aromatic heterocycles. The highest BCUT2D eigenvalue weighted by Gasteiger charge is 2.46. The molecule has 156 valence electrons. The second-order valence-electron chi connectivity index (χ2n) is 8.33. The Hall–Kier alpha value is 0.841. The van der Waals surface area contributed by atoms with Crippen molar-refractivity contribution >= 4 is 37.0 Å². The quantitative estimate of drug-likeness (QED) is 0.273. The van der Waals surface area contributed by atoms with Crippen LogP contribution in [0.4, 0.5) is 0 Å². The van der Waals surface area contributed by atoms with Crippen LogP contribution in [0, 0.1) is 0 Å². The van der Waals surface area contributed by atoms with E-state index in [9.17, 15) is 0 Å². The van der Waals surface area contributed by atoms with E-state index in [1.807, 2.05) is 20.8 Å². The summed E-state index contributed by atoms with van der Waals surface area (Å²) in [5.74, 6) is 2.46. The SMILES string of the molecule is CCO[Si](CCCSCCCN1[Si](C)(C)CC[Si]1(C)C)(OCC)OCC. The van der Waals surface area contributed by atoms with Gasteiger partial charge in [-0.3, -0.25) is 0 Å². The molecule has 1 aliphatic rings. The van der Waals surface area contributed by atoms with E-state index in [1.165, 1.54) is 36.6 Å². The van der Waals surface area contributed by atoms with Crippen molar-refractivity contribution in [3.8, 4) is 0 Å². The second kappa shape index (κ2) is 11.7. The van der Waals surface area contributed by atoms with Gasteiger partial charge in [0.25, 0.3) is 0 Å². The van der Waals surface area contributed by atoms with Gasteiger partial charge in [0, 0.05) is 25.9 Å². The van der Waals surface area contributed by atoms with Crippen LogP contribution in [0.2, 0.25) is 44.3 Å². The van der Waals surface area contributed by atoms with Crippen molar-refractivity contribution in [2.75, 3.05) is 37.9 Å². The first kappa shape index (κ1) is 24.9. The fraction of sp³-hybridized carbons (Fsp3) is 1.00. The molecule has 0 atom stereocenters. The molecule has 26 heavy (non-hydrogen) atoms. The molecule has 1 rings (SSSR count). The summed E-state index contributed by atoms with van der Waals surface area (Å²) in [6.07, 6.45) is 2.46. The van der Waals surface area contributed by atoms with Crippen molar-refractivity contribution in [2.24, 2.45) is 0 Å². The zero-order valence-corrected chi connectivity index (χ0v) is 22.2. The fourth-order valence-corrected chi connectivity index (χ4v) is 22.1. The van der Waals surface area contributed by atoms with E-state index in [4.69, 9.17) is 13.3 Å². The lowest BCUT2D eigenvalue weighted by Crippen LogP contribution is -2.55. The molecule has 0 spiro atoms. The lowest BCUT2D eigenvalue weighted by molar-refractivity contribution is 0.0712. The molecule has 1 fully saturated rings. The first-order valence-electron chi connectivity index (χ1n) is 10.5. The smallest absolute Gasteiger partial charge is 0.374 e. The largest absolute Gasteiger partial charge is 0.500 e. The van der Waals surface area contributed by atoms with E-state index in [2.05, 4.69) is 42.2 Å². The van der Waals surface area contributed by atoms with Gasteiger partial charge in [-0.15, -0.1) is 0 Å². The van der Waals surface area contributed by atoms with Crippen molar-refractivity contribution in [1.29, 1.82) is 0 Å². The molecule has 0 aromatic carbocycles. The summed E-state index contributed by atoms with van der Waals surface area (Å²) in [6.45, 7) is 19.7. The van der Waals surface area contributed by atoms with Crippen LogP contribution in [0.15, 0.2) is 0 Å². The Morgan fingerprint density at radius 1 is 0.808 bits per heavy atom. The van der Waals surface area contributed by atoms with Gasteiger partial charge in [-0.25, -0.2) is 0 Å². The van der Waals surface area contributed by atoms with Crippen LogP contribution in [-0.2, 0) is 13.3 Å². The highest BCUT2D eigenvalue weighted by molar-refractivity contribution is 7.99. The Morgan fingerprint density at radius 3 is 1.73 bits per heavy atom. The second-order valence-corrected chi connectivity index (χ2v) is 22.1. The monoisotopic (exact) mass is 437 g/mol. The molecular weight excluding hydrogens is 395 g/mol. The van der Waals surface area contributed by atoms with Crippen molar-refractivity contribution in [3.05, 3.63) is 0 Å². The zero-order chi connectivity index (χ0) is 19.7. The summed E-state index contributed by atoms with van der Waals surface area (Å²) in [7, 11) is -4.62. The van der Waals surface area contributed by atoms with Crippen LogP contribution in [0.5, 0.6) is 0 Å². The van der Waals surface area contributed by atoms with Crippen molar-refractivity contribution in [2.45, 2.75) is 77.9 Å². The highest BCUT2D eigenvalue weighted by Crippen LogP contribution is 2.36. The van der Waals surface area contributed by atoms with Crippen LogP contribution in [0.3, 0.4) is 0 Å². The molecular formula is C18H43NO3SSi3. The Balaban J connectivity index is 2.27. The lowest BCUT2D eigenvalue weighted by Gasteiger charge is -2.38. The Morgan fingerprint density at radius 2 is 1.27 bits per heavy atom. The molecule has 0 aromatic rings. The van der Waals surface area contributed by atoms with E-state index < -0.39 is 25.3 Å². The predicted octanol–water partition coefficient (Wildman–Crippen LogP) is 5.27. The fourth-order valence-electron chi connectivity index (χ4n) is 4.13. The van der Waals surface area contributed by atoms with Crippen LogP contribution < -0.4 is 0 Å². The van der Waals surface area contributed by atoms with Crippen LogP contribution >= 0.6 is 11.8 Å². The molecule has 0 unspecified atom stereocenters. The van der Waals surface area contributed by atoms with Crippen LogP contribution in [0.25, 0.3) is 0 Å². The first-order chi connectivity index (χ1) is 12.2. The third-order valence-corrected chi connectivity index (χ3v) is 20.1.